The van der Waals surface area contributed by atoms with Crippen molar-refractivity contribution >= 4 is 21.9 Å². The van der Waals surface area contributed by atoms with Crippen LogP contribution in [0.4, 0.5) is 0 Å². The Morgan fingerprint density at radius 1 is 1.38 bits per heavy atom. The molecule has 0 aliphatic carbocycles. The predicted molar refractivity (Wildman–Crippen MR) is 71.1 cm³/mol. The van der Waals surface area contributed by atoms with Crippen LogP contribution in [-0.4, -0.2) is 55.5 Å². The molecule has 0 saturated carbocycles. The first kappa shape index (κ1) is 15.4. The number of hydrogen-bond donors (Lipinski definition) is 2. The highest BCUT2D eigenvalue weighted by Crippen LogP contribution is 2.21. The van der Waals surface area contributed by atoms with E-state index in [0.29, 0.717) is 0 Å². The Hall–Kier alpha value is -1.97. The number of carboxylic acid groups (broad SMARTS) is 1. The van der Waals surface area contributed by atoms with Crippen molar-refractivity contribution in [2.75, 3.05) is 19.8 Å². The van der Waals surface area contributed by atoms with Gasteiger partial charge >= 0.3 is 5.97 Å². The topological polar surface area (TPSA) is 127 Å². The quantitative estimate of drug-likeness (QED) is 0.753. The van der Waals surface area contributed by atoms with Crippen LogP contribution < -0.4 is 5.73 Å². The van der Waals surface area contributed by atoms with Crippen molar-refractivity contribution in [1.29, 1.82) is 0 Å². The Balaban J connectivity index is 2.43. The molecule has 1 unspecified atom stereocenters. The van der Waals surface area contributed by atoms with Crippen LogP contribution in [0.15, 0.2) is 29.2 Å². The van der Waals surface area contributed by atoms with Gasteiger partial charge in [0.15, 0.2) is 0 Å². The van der Waals surface area contributed by atoms with E-state index in [9.17, 15) is 18.0 Å². The highest BCUT2D eigenvalue weighted by molar-refractivity contribution is 7.89. The van der Waals surface area contributed by atoms with Crippen LogP contribution in [0.2, 0.25) is 0 Å². The minimum Gasteiger partial charge on any atom is -0.478 e. The molecule has 3 N–H and O–H groups in total. The second kappa shape index (κ2) is 5.80. The minimum atomic E-state index is -4.02. The van der Waals surface area contributed by atoms with Crippen molar-refractivity contribution in [2.45, 2.75) is 10.9 Å². The van der Waals surface area contributed by atoms with Gasteiger partial charge in [0.25, 0.3) is 0 Å². The molecule has 1 aliphatic heterocycles. The number of aromatic carboxylic acids is 1. The smallest absolute Gasteiger partial charge is 0.335 e. The summed E-state index contributed by atoms with van der Waals surface area (Å²) < 4.78 is 31.1. The Kier molecular flexibility index (Phi) is 4.26. The third-order valence-electron chi connectivity index (χ3n) is 3.10. The largest absolute Gasteiger partial charge is 0.478 e. The Morgan fingerprint density at radius 2 is 2.10 bits per heavy atom. The summed E-state index contributed by atoms with van der Waals surface area (Å²) in [5.41, 5.74) is 5.04. The number of benzene rings is 1. The molecule has 1 fully saturated rings. The number of amides is 1. The van der Waals surface area contributed by atoms with Crippen molar-refractivity contribution in [3.63, 3.8) is 0 Å². The molecule has 1 atom stereocenters. The summed E-state index contributed by atoms with van der Waals surface area (Å²) in [6.45, 7) is 0.00204. The van der Waals surface area contributed by atoms with Crippen LogP contribution in [0.1, 0.15) is 10.4 Å². The molecular weight excluding hydrogens is 300 g/mol. The molecule has 0 aromatic heterocycles. The molecule has 1 aromatic rings. The zero-order valence-corrected chi connectivity index (χ0v) is 11.7. The van der Waals surface area contributed by atoms with Crippen LogP contribution in [0.5, 0.6) is 0 Å². The van der Waals surface area contributed by atoms with Gasteiger partial charge in [0, 0.05) is 6.54 Å². The molecule has 0 spiro atoms. The first-order valence-corrected chi connectivity index (χ1v) is 7.50. The summed E-state index contributed by atoms with van der Waals surface area (Å²) >= 11 is 0. The molecular formula is C12H14N2O6S. The van der Waals surface area contributed by atoms with Gasteiger partial charge in [-0.3, -0.25) is 4.79 Å². The molecule has 1 aromatic carbocycles. The van der Waals surface area contributed by atoms with Gasteiger partial charge in [-0.25, -0.2) is 13.2 Å². The number of primary amides is 1. The maximum Gasteiger partial charge on any atom is 0.335 e. The Morgan fingerprint density at radius 3 is 2.71 bits per heavy atom. The summed E-state index contributed by atoms with van der Waals surface area (Å²) in [7, 11) is -4.02. The van der Waals surface area contributed by atoms with Crippen molar-refractivity contribution in [1.82, 2.24) is 4.31 Å². The van der Waals surface area contributed by atoms with Gasteiger partial charge < -0.3 is 15.6 Å². The molecule has 2 rings (SSSR count). The average Bonchev–Trinajstić information content (AvgIpc) is 2.47. The number of nitrogens with zero attached hydrogens (tertiary/aromatic N) is 1. The first-order valence-electron chi connectivity index (χ1n) is 6.06. The van der Waals surface area contributed by atoms with Crippen molar-refractivity contribution in [2.24, 2.45) is 5.73 Å². The molecule has 21 heavy (non-hydrogen) atoms. The molecule has 0 bridgehead atoms. The number of hydrogen-bond acceptors (Lipinski definition) is 5. The number of sulfonamides is 1. The van der Waals surface area contributed by atoms with Gasteiger partial charge in [-0.15, -0.1) is 0 Å². The average molecular weight is 314 g/mol. The minimum absolute atomic E-state index is 0.0206. The lowest BCUT2D eigenvalue weighted by atomic mass is 10.2. The van der Waals surface area contributed by atoms with Gasteiger partial charge in [0.1, 0.15) is 6.04 Å². The fourth-order valence-corrected chi connectivity index (χ4v) is 3.64. The summed E-state index contributed by atoms with van der Waals surface area (Å²) in [6, 6.07) is 3.83. The third kappa shape index (κ3) is 3.04. The maximum absolute atomic E-state index is 12.5. The number of carbonyl (C=O) groups excluding carboxylic acids is 1. The van der Waals surface area contributed by atoms with E-state index in [1.807, 2.05) is 0 Å². The number of carbonyl (C=O) groups is 2. The number of carboxylic acids is 1. The van der Waals surface area contributed by atoms with Gasteiger partial charge in [-0.2, -0.15) is 4.31 Å². The van der Waals surface area contributed by atoms with E-state index < -0.39 is 27.9 Å². The van der Waals surface area contributed by atoms with Crippen LogP contribution in [0.3, 0.4) is 0 Å². The zero-order chi connectivity index (χ0) is 15.6. The van der Waals surface area contributed by atoms with E-state index in [0.717, 1.165) is 10.4 Å². The Labute approximate surface area is 121 Å². The lowest BCUT2D eigenvalue weighted by Gasteiger charge is -2.32. The summed E-state index contributed by atoms with van der Waals surface area (Å²) in [6.07, 6.45) is 0. The van der Waals surface area contributed by atoms with E-state index in [2.05, 4.69) is 0 Å². The molecule has 1 heterocycles. The highest BCUT2D eigenvalue weighted by Gasteiger charge is 2.37. The fraction of sp³-hybridized carbons (Fsp3) is 0.333. The molecule has 1 saturated heterocycles. The lowest BCUT2D eigenvalue weighted by molar-refractivity contribution is -0.125. The molecule has 1 aliphatic rings. The van der Waals surface area contributed by atoms with Crippen LogP contribution in [-0.2, 0) is 19.6 Å². The van der Waals surface area contributed by atoms with E-state index in [4.69, 9.17) is 15.6 Å². The van der Waals surface area contributed by atoms with Gasteiger partial charge in [0.2, 0.25) is 15.9 Å². The number of nitrogens with two attached hydrogens (primary N) is 1. The monoisotopic (exact) mass is 314 g/mol. The van der Waals surface area contributed by atoms with Crippen LogP contribution >= 0.6 is 0 Å². The van der Waals surface area contributed by atoms with E-state index in [1.54, 1.807) is 0 Å². The number of ether oxygens (including phenoxy) is 1. The molecule has 1 amide bonds. The lowest BCUT2D eigenvalue weighted by Crippen LogP contribution is -2.54. The van der Waals surface area contributed by atoms with Gasteiger partial charge in [-0.1, -0.05) is 6.07 Å². The van der Waals surface area contributed by atoms with Gasteiger partial charge in [-0.05, 0) is 18.2 Å². The first-order chi connectivity index (χ1) is 9.84. The van der Waals surface area contributed by atoms with Crippen molar-refractivity contribution in [3.8, 4) is 0 Å². The van der Waals surface area contributed by atoms with E-state index >= 15 is 0 Å². The van der Waals surface area contributed by atoms with E-state index in [-0.39, 0.29) is 30.2 Å². The summed E-state index contributed by atoms with van der Waals surface area (Å²) in [5.74, 6) is -2.05. The molecule has 114 valence electrons. The van der Waals surface area contributed by atoms with Crippen molar-refractivity contribution < 1.29 is 27.9 Å². The second-order valence-corrected chi connectivity index (χ2v) is 6.33. The van der Waals surface area contributed by atoms with Crippen LogP contribution in [0, 0.1) is 0 Å². The van der Waals surface area contributed by atoms with Crippen LogP contribution in [0.25, 0.3) is 0 Å². The number of morpholine rings is 1. The van der Waals surface area contributed by atoms with E-state index in [1.165, 1.54) is 18.2 Å². The zero-order valence-electron chi connectivity index (χ0n) is 10.9. The molecule has 0 radical (unpaired) electrons. The molecule has 9 heteroatoms. The number of rotatable bonds is 4. The SMILES string of the molecule is NC(=O)C1COCCN1S(=O)(=O)c1cccc(C(=O)O)c1. The van der Waals surface area contributed by atoms with Gasteiger partial charge in [0.05, 0.1) is 23.7 Å². The standard InChI is InChI=1S/C12H14N2O6S/c13-11(15)10-7-20-5-4-14(10)21(18,19)9-3-1-2-8(6-9)12(16)17/h1-3,6,10H,4-5,7H2,(H2,13,15)(H,16,17). The fourth-order valence-electron chi connectivity index (χ4n) is 2.03. The Bertz CT molecular complexity index is 672. The highest BCUT2D eigenvalue weighted by atomic mass is 32.2. The summed E-state index contributed by atoms with van der Waals surface area (Å²) in [5, 5.41) is 8.92. The maximum atomic E-state index is 12.5. The predicted octanol–water partition coefficient (Wildman–Crippen LogP) is -0.740. The third-order valence-corrected chi connectivity index (χ3v) is 5.00. The normalized spacial score (nSPS) is 20.1. The summed E-state index contributed by atoms with van der Waals surface area (Å²) in [4.78, 5) is 22.1. The second-order valence-electron chi connectivity index (χ2n) is 4.44. The molecule has 8 nitrogen and oxygen atoms in total. The van der Waals surface area contributed by atoms with Crippen molar-refractivity contribution in [3.05, 3.63) is 29.8 Å².